The number of ether oxygens (including phenoxy) is 3. The third-order valence-electron chi connectivity index (χ3n) is 8.59. The second kappa shape index (κ2) is 17.3. The molecule has 0 spiro atoms. The van der Waals surface area contributed by atoms with Crippen molar-refractivity contribution in [1.29, 1.82) is 5.26 Å². The number of aromatic nitrogens is 2. The molecule has 11 nitrogen and oxygen atoms in total. The van der Waals surface area contributed by atoms with Crippen molar-refractivity contribution in [3.63, 3.8) is 0 Å². The van der Waals surface area contributed by atoms with E-state index in [1.165, 1.54) is 6.20 Å². The number of H-pyrrole nitrogens is 1. The number of nitrogens with one attached hydrogen (secondary N) is 1. The molecule has 2 heterocycles. The van der Waals surface area contributed by atoms with E-state index in [9.17, 15) is 14.9 Å². The predicted molar refractivity (Wildman–Crippen MR) is 192 cm³/mol. The molecule has 1 saturated heterocycles. The van der Waals surface area contributed by atoms with Crippen LogP contribution in [0.3, 0.4) is 0 Å². The van der Waals surface area contributed by atoms with Gasteiger partial charge in [-0.1, -0.05) is 72.8 Å². The Hall–Kier alpha value is -4.21. The summed E-state index contributed by atoms with van der Waals surface area (Å²) in [6.07, 6.45) is -4.33. The van der Waals surface area contributed by atoms with Crippen molar-refractivity contribution < 1.29 is 27.6 Å². The molecule has 1 aliphatic heterocycles. The monoisotopic (exact) mass is 718 g/mol. The van der Waals surface area contributed by atoms with Crippen molar-refractivity contribution in [3.8, 4) is 11.8 Å². The minimum Gasteiger partial charge on any atom is -0.497 e. The van der Waals surface area contributed by atoms with E-state index in [1.54, 1.807) is 7.11 Å². The fraction of sp³-hybridized carbons (Fsp3) is 0.395. The number of aromatic amines is 1. The minimum absolute atomic E-state index is 0.0511. The van der Waals surface area contributed by atoms with Crippen LogP contribution < -0.4 is 16.0 Å². The molecule has 3 aromatic carbocycles. The second-order valence-corrected chi connectivity index (χ2v) is 14.0. The van der Waals surface area contributed by atoms with Crippen LogP contribution in [-0.4, -0.2) is 65.0 Å². The molecule has 51 heavy (non-hydrogen) atoms. The number of methoxy groups -OCH3 is 1. The van der Waals surface area contributed by atoms with Gasteiger partial charge >= 0.3 is 5.69 Å². The highest BCUT2D eigenvalue weighted by atomic mass is 31.2. The number of nitrogens with zero attached hydrogens (tertiary/aromatic N) is 3. The summed E-state index contributed by atoms with van der Waals surface area (Å²) in [4.78, 5) is 27.0. The van der Waals surface area contributed by atoms with Gasteiger partial charge in [-0.15, -0.1) is 0 Å². The van der Waals surface area contributed by atoms with Crippen LogP contribution in [0, 0.1) is 11.3 Å². The van der Waals surface area contributed by atoms with E-state index < -0.39 is 50.0 Å². The largest absolute Gasteiger partial charge is 0.497 e. The predicted octanol–water partition coefficient (Wildman–Crippen LogP) is 6.45. The van der Waals surface area contributed by atoms with Gasteiger partial charge in [0.25, 0.3) is 14.1 Å². The summed E-state index contributed by atoms with van der Waals surface area (Å²) < 4.78 is 51.4. The smallest absolute Gasteiger partial charge is 0.330 e. The van der Waals surface area contributed by atoms with Crippen LogP contribution in [0.2, 0.25) is 0 Å². The first kappa shape index (κ1) is 38.0. The van der Waals surface area contributed by atoms with E-state index in [2.05, 4.69) is 11.1 Å². The highest BCUT2D eigenvalue weighted by Crippen LogP contribution is 2.51. The van der Waals surface area contributed by atoms with Gasteiger partial charge < -0.3 is 23.3 Å². The van der Waals surface area contributed by atoms with Gasteiger partial charge in [-0.2, -0.15) is 5.26 Å². The van der Waals surface area contributed by atoms with Gasteiger partial charge in [0, 0.05) is 24.3 Å². The highest BCUT2D eigenvalue weighted by molar-refractivity contribution is 7.44. The second-order valence-electron chi connectivity index (χ2n) is 12.6. The standard InChI is InChI=1S/C38H44FN4O7P/c1-26(2)43(27(3)4)51(48-24-12-22-40)50-35-32(49-36(34(35)39)42-23-21-33(44)41-37(42)45)25-47-38(28-13-8-6-9-14-28,29-15-10-7-11-16-29)30-17-19-31(46-5)20-18-30/h6-11,13-21,23,26-27,32,34-36H,12,24-25H2,1-5H3,(H,41,44,45)/t32-,34?,35+,36-,51?/m1/s1. The summed E-state index contributed by atoms with van der Waals surface area (Å²) in [6, 6.07) is 30.1. The Morgan fingerprint density at radius 2 is 1.53 bits per heavy atom. The van der Waals surface area contributed by atoms with Crippen LogP contribution in [0.25, 0.3) is 0 Å². The molecule has 13 heteroatoms. The molecule has 4 aromatic rings. The zero-order valence-corrected chi connectivity index (χ0v) is 30.2. The zero-order chi connectivity index (χ0) is 36.5. The molecular weight excluding hydrogens is 674 g/mol. The molecule has 5 atom stereocenters. The first-order chi connectivity index (χ1) is 24.6. The Kier molecular flexibility index (Phi) is 12.9. The topological polar surface area (TPSA) is 128 Å². The number of halogens is 1. The van der Waals surface area contributed by atoms with Gasteiger partial charge in [-0.05, 0) is 56.5 Å². The summed E-state index contributed by atoms with van der Waals surface area (Å²) >= 11 is 0. The van der Waals surface area contributed by atoms with Gasteiger partial charge in [0.2, 0.25) is 0 Å². The quantitative estimate of drug-likeness (QED) is 0.0790. The fourth-order valence-corrected chi connectivity index (χ4v) is 8.10. The molecule has 1 fully saturated rings. The Morgan fingerprint density at radius 1 is 0.941 bits per heavy atom. The normalized spacial score (nSPS) is 19.8. The Bertz CT molecular complexity index is 1800. The molecule has 5 rings (SSSR count). The summed E-state index contributed by atoms with van der Waals surface area (Å²) in [7, 11) is -0.310. The zero-order valence-electron chi connectivity index (χ0n) is 29.3. The lowest BCUT2D eigenvalue weighted by molar-refractivity contribution is -0.0934. The van der Waals surface area contributed by atoms with Crippen LogP contribution >= 0.6 is 8.53 Å². The van der Waals surface area contributed by atoms with E-state index in [0.29, 0.717) is 5.75 Å². The lowest BCUT2D eigenvalue weighted by Gasteiger charge is -2.39. The third kappa shape index (κ3) is 8.47. The van der Waals surface area contributed by atoms with Crippen LogP contribution in [0.5, 0.6) is 5.75 Å². The third-order valence-corrected chi connectivity index (χ3v) is 10.7. The number of benzene rings is 3. The highest BCUT2D eigenvalue weighted by Gasteiger charge is 2.51. The number of hydrogen-bond acceptors (Lipinski definition) is 9. The summed E-state index contributed by atoms with van der Waals surface area (Å²) in [6.45, 7) is 7.83. The average Bonchev–Trinajstić information content (AvgIpc) is 3.43. The van der Waals surface area contributed by atoms with Crippen LogP contribution in [-0.2, 0) is 24.1 Å². The molecule has 0 radical (unpaired) electrons. The van der Waals surface area contributed by atoms with E-state index >= 15 is 4.39 Å². The number of alkyl halides is 1. The van der Waals surface area contributed by atoms with Crippen molar-refractivity contribution in [2.75, 3.05) is 20.3 Å². The van der Waals surface area contributed by atoms with Crippen LogP contribution in [0.1, 0.15) is 57.0 Å². The van der Waals surface area contributed by atoms with Crippen molar-refractivity contribution >= 4 is 8.53 Å². The number of nitriles is 1. The molecule has 0 amide bonds. The van der Waals surface area contributed by atoms with Crippen LogP contribution in [0.4, 0.5) is 4.39 Å². The molecule has 0 saturated carbocycles. The fourth-order valence-electron chi connectivity index (χ4n) is 6.33. The molecule has 1 N–H and O–H groups in total. The summed E-state index contributed by atoms with van der Waals surface area (Å²) in [5.41, 5.74) is -0.224. The van der Waals surface area contributed by atoms with Gasteiger partial charge in [-0.25, -0.2) is 13.9 Å². The Labute approximate surface area is 298 Å². The van der Waals surface area contributed by atoms with Crippen LogP contribution in [0.15, 0.2) is 107 Å². The van der Waals surface area contributed by atoms with E-state index in [4.69, 9.17) is 23.3 Å². The van der Waals surface area contributed by atoms with Gasteiger partial charge in [0.05, 0.1) is 32.8 Å². The molecule has 2 unspecified atom stereocenters. The van der Waals surface area contributed by atoms with Crippen molar-refractivity contribution in [1.82, 2.24) is 14.2 Å². The van der Waals surface area contributed by atoms with Gasteiger partial charge in [0.15, 0.2) is 12.4 Å². The van der Waals surface area contributed by atoms with E-state index in [0.717, 1.165) is 27.3 Å². The first-order valence-electron chi connectivity index (χ1n) is 16.9. The average molecular weight is 719 g/mol. The summed E-state index contributed by atoms with van der Waals surface area (Å²) in [5.74, 6) is 0.667. The van der Waals surface area contributed by atoms with Crippen molar-refractivity contribution in [3.05, 3.63) is 135 Å². The van der Waals surface area contributed by atoms with Crippen molar-refractivity contribution in [2.24, 2.45) is 0 Å². The maximum absolute atomic E-state index is 16.9. The van der Waals surface area contributed by atoms with Gasteiger partial charge in [0.1, 0.15) is 23.6 Å². The van der Waals surface area contributed by atoms with E-state index in [1.807, 2.05) is 117 Å². The number of rotatable bonds is 16. The molecule has 0 aliphatic carbocycles. The summed E-state index contributed by atoms with van der Waals surface area (Å²) in [5, 5.41) is 9.23. The molecule has 270 valence electrons. The maximum Gasteiger partial charge on any atom is 0.330 e. The maximum atomic E-state index is 16.9. The Morgan fingerprint density at radius 3 is 2.06 bits per heavy atom. The molecular formula is C38H44FN4O7P. The SMILES string of the molecule is COc1ccc(C(OC[C@H]2O[C@@H](n3ccc(=O)[nH]c3=O)C(F)[C@H]2OP(OCCC#N)N(C(C)C)C(C)C)(c2ccccc2)c2ccccc2)cc1. The molecule has 1 aromatic heterocycles. The Balaban J connectivity index is 1.60. The minimum atomic E-state index is -1.91. The molecule has 0 bridgehead atoms. The first-order valence-corrected chi connectivity index (χ1v) is 18.0. The van der Waals surface area contributed by atoms with E-state index in [-0.39, 0.29) is 31.7 Å². The van der Waals surface area contributed by atoms with Crippen molar-refractivity contribution in [2.45, 2.75) is 76.4 Å². The lowest BCUT2D eigenvalue weighted by Crippen LogP contribution is -2.41. The molecule has 1 aliphatic rings. The number of hydrogen-bond donors (Lipinski definition) is 1. The lowest BCUT2D eigenvalue weighted by atomic mass is 9.80. The van der Waals surface area contributed by atoms with Gasteiger partial charge in [-0.3, -0.25) is 14.3 Å².